The van der Waals surface area contributed by atoms with Crippen molar-refractivity contribution in [1.29, 1.82) is 0 Å². The molecule has 1 saturated carbocycles. The van der Waals surface area contributed by atoms with Crippen LogP contribution in [0.1, 0.15) is 25.7 Å². The summed E-state index contributed by atoms with van der Waals surface area (Å²) in [6.07, 6.45) is 9.14. The fourth-order valence-corrected chi connectivity index (χ4v) is 4.18. The van der Waals surface area contributed by atoms with E-state index in [1.807, 2.05) is 18.2 Å². The number of anilines is 3. The Kier molecular flexibility index (Phi) is 5.66. The molecule has 0 spiro atoms. The number of rotatable bonds is 5. The normalized spacial score (nSPS) is 21.7. The Morgan fingerprint density at radius 1 is 1.03 bits per heavy atom. The highest BCUT2D eigenvalue weighted by Crippen LogP contribution is 2.32. The summed E-state index contributed by atoms with van der Waals surface area (Å²) < 4.78 is 11.9. The molecule has 9 nitrogen and oxygen atoms in total. The van der Waals surface area contributed by atoms with Crippen molar-refractivity contribution >= 4 is 28.4 Å². The lowest BCUT2D eigenvalue weighted by atomic mass is 9.93. The number of nitrogens with zero attached hydrogens (tertiary/aromatic N) is 5. The van der Waals surface area contributed by atoms with Gasteiger partial charge in [0.05, 0.1) is 36.0 Å². The van der Waals surface area contributed by atoms with E-state index in [0.29, 0.717) is 36.8 Å². The number of aromatic nitrogens is 4. The van der Waals surface area contributed by atoms with Crippen LogP contribution in [0.5, 0.6) is 5.88 Å². The van der Waals surface area contributed by atoms with Crippen LogP contribution < -0.4 is 20.7 Å². The molecule has 162 valence electrons. The molecule has 0 atom stereocenters. The zero-order chi connectivity index (χ0) is 21.0. The molecule has 5 rings (SSSR count). The summed E-state index contributed by atoms with van der Waals surface area (Å²) in [7, 11) is 0. The molecular weight excluding hydrogens is 394 g/mol. The van der Waals surface area contributed by atoms with Crippen LogP contribution in [0.2, 0.25) is 0 Å². The van der Waals surface area contributed by atoms with Gasteiger partial charge in [0.25, 0.3) is 0 Å². The van der Waals surface area contributed by atoms with Gasteiger partial charge in [-0.3, -0.25) is 4.98 Å². The molecule has 3 aromatic rings. The van der Waals surface area contributed by atoms with Crippen LogP contribution in [0.15, 0.2) is 36.8 Å². The highest BCUT2D eigenvalue weighted by Gasteiger charge is 2.25. The Bertz CT molecular complexity index is 1020. The number of fused-ring (bicyclic) bond motifs is 1. The molecule has 0 bridgehead atoms. The third-order valence-corrected chi connectivity index (χ3v) is 5.84. The van der Waals surface area contributed by atoms with Crippen LogP contribution in [-0.2, 0) is 4.74 Å². The van der Waals surface area contributed by atoms with Gasteiger partial charge < -0.3 is 25.4 Å². The third kappa shape index (κ3) is 4.61. The number of hydrogen-bond donors (Lipinski definition) is 2. The van der Waals surface area contributed by atoms with Gasteiger partial charge in [-0.05, 0) is 37.8 Å². The summed E-state index contributed by atoms with van der Waals surface area (Å²) in [5.74, 6) is 2.17. The predicted molar refractivity (Wildman–Crippen MR) is 119 cm³/mol. The minimum absolute atomic E-state index is 0.104. The fourth-order valence-electron chi connectivity index (χ4n) is 4.18. The maximum absolute atomic E-state index is 6.43. The Morgan fingerprint density at radius 3 is 2.58 bits per heavy atom. The summed E-state index contributed by atoms with van der Waals surface area (Å²) in [6.45, 7) is 3.02. The van der Waals surface area contributed by atoms with E-state index in [9.17, 15) is 0 Å². The smallest absolute Gasteiger partial charge is 0.225 e. The summed E-state index contributed by atoms with van der Waals surface area (Å²) in [6, 6.07) is 6.07. The lowest BCUT2D eigenvalue weighted by Gasteiger charge is -2.31. The standard InChI is InChI=1S/C22H27N7O2/c23-15-12-18-19(26-14-15)13-20(29-8-10-30-11-9-29)28-21(18)31-17-4-2-16(3-5-17)27-22-24-6-1-7-25-22/h1,6-7,12-14,16-17H,2-5,8-11,23H2,(H,24,25,27). The van der Waals surface area contributed by atoms with E-state index in [1.165, 1.54) is 0 Å². The van der Waals surface area contributed by atoms with Crippen molar-refractivity contribution in [3.05, 3.63) is 36.8 Å². The minimum Gasteiger partial charge on any atom is -0.474 e. The SMILES string of the molecule is Nc1cnc2cc(N3CCOCC3)nc(OC3CCC(Nc4ncccn4)CC3)c2c1. The molecule has 1 saturated heterocycles. The first-order chi connectivity index (χ1) is 15.2. The van der Waals surface area contributed by atoms with Crippen LogP contribution in [0.4, 0.5) is 17.5 Å². The van der Waals surface area contributed by atoms with Gasteiger partial charge in [-0.1, -0.05) is 0 Å². The predicted octanol–water partition coefficient (Wildman–Crippen LogP) is 2.64. The van der Waals surface area contributed by atoms with Crippen molar-refractivity contribution in [2.45, 2.75) is 37.8 Å². The Morgan fingerprint density at radius 2 is 1.81 bits per heavy atom. The number of nitrogen functional groups attached to an aromatic ring is 1. The number of nitrogens with one attached hydrogen (secondary N) is 1. The first-order valence-corrected chi connectivity index (χ1v) is 10.8. The zero-order valence-corrected chi connectivity index (χ0v) is 17.4. The second kappa shape index (κ2) is 8.89. The van der Waals surface area contributed by atoms with Gasteiger partial charge in [0, 0.05) is 37.6 Å². The molecule has 31 heavy (non-hydrogen) atoms. The van der Waals surface area contributed by atoms with Crippen LogP contribution in [-0.4, -0.2) is 58.4 Å². The third-order valence-electron chi connectivity index (χ3n) is 5.84. The van der Waals surface area contributed by atoms with Gasteiger partial charge in [0.15, 0.2) is 0 Å². The average Bonchev–Trinajstić information content (AvgIpc) is 2.82. The van der Waals surface area contributed by atoms with Crippen LogP contribution in [0, 0.1) is 0 Å². The number of hydrogen-bond acceptors (Lipinski definition) is 9. The Hall–Kier alpha value is -3.20. The number of ether oxygens (including phenoxy) is 2. The van der Waals surface area contributed by atoms with Crippen molar-refractivity contribution in [2.75, 3.05) is 42.3 Å². The lowest BCUT2D eigenvalue weighted by Crippen LogP contribution is -2.37. The van der Waals surface area contributed by atoms with Crippen molar-refractivity contribution in [3.63, 3.8) is 0 Å². The molecule has 3 aromatic heterocycles. The van der Waals surface area contributed by atoms with Gasteiger partial charge in [-0.2, -0.15) is 4.98 Å². The van der Waals surface area contributed by atoms with E-state index in [1.54, 1.807) is 18.6 Å². The summed E-state index contributed by atoms with van der Waals surface area (Å²) in [5.41, 5.74) is 7.46. The Balaban J connectivity index is 1.31. The lowest BCUT2D eigenvalue weighted by molar-refractivity contribution is 0.122. The zero-order valence-electron chi connectivity index (χ0n) is 17.4. The van der Waals surface area contributed by atoms with E-state index < -0.39 is 0 Å². The largest absolute Gasteiger partial charge is 0.474 e. The monoisotopic (exact) mass is 421 g/mol. The molecule has 1 aliphatic heterocycles. The highest BCUT2D eigenvalue weighted by atomic mass is 16.5. The quantitative estimate of drug-likeness (QED) is 0.642. The van der Waals surface area contributed by atoms with Crippen molar-refractivity contribution in [3.8, 4) is 5.88 Å². The van der Waals surface area contributed by atoms with E-state index in [-0.39, 0.29) is 6.10 Å². The molecule has 0 unspecified atom stereocenters. The molecule has 9 heteroatoms. The Labute approximate surface area is 181 Å². The second-order valence-corrected chi connectivity index (χ2v) is 8.03. The van der Waals surface area contributed by atoms with E-state index in [0.717, 1.165) is 55.5 Å². The topological polar surface area (TPSA) is 111 Å². The number of pyridine rings is 2. The summed E-state index contributed by atoms with van der Waals surface area (Å²) in [5, 5.41) is 4.27. The van der Waals surface area contributed by atoms with Crippen LogP contribution >= 0.6 is 0 Å². The van der Waals surface area contributed by atoms with Crippen LogP contribution in [0.25, 0.3) is 10.9 Å². The molecule has 4 heterocycles. The molecule has 0 radical (unpaired) electrons. The summed E-state index contributed by atoms with van der Waals surface area (Å²) in [4.78, 5) is 20.1. The highest BCUT2D eigenvalue weighted by molar-refractivity contribution is 5.88. The van der Waals surface area contributed by atoms with E-state index in [2.05, 4.69) is 25.2 Å². The number of nitrogens with two attached hydrogens (primary N) is 1. The fraction of sp³-hybridized carbons (Fsp3) is 0.455. The van der Waals surface area contributed by atoms with Crippen molar-refractivity contribution in [2.24, 2.45) is 0 Å². The van der Waals surface area contributed by atoms with E-state index >= 15 is 0 Å². The first kappa shape index (κ1) is 19.7. The molecule has 1 aliphatic carbocycles. The maximum atomic E-state index is 6.43. The van der Waals surface area contributed by atoms with E-state index in [4.69, 9.17) is 20.2 Å². The average molecular weight is 422 g/mol. The molecule has 2 aliphatic rings. The molecule has 2 fully saturated rings. The van der Waals surface area contributed by atoms with Crippen LogP contribution in [0.3, 0.4) is 0 Å². The van der Waals surface area contributed by atoms with Gasteiger partial charge in [-0.15, -0.1) is 0 Å². The van der Waals surface area contributed by atoms with Gasteiger partial charge in [-0.25, -0.2) is 9.97 Å². The maximum Gasteiger partial charge on any atom is 0.225 e. The van der Waals surface area contributed by atoms with Crippen molar-refractivity contribution in [1.82, 2.24) is 19.9 Å². The molecule has 0 amide bonds. The van der Waals surface area contributed by atoms with Gasteiger partial charge in [0.1, 0.15) is 11.9 Å². The second-order valence-electron chi connectivity index (χ2n) is 8.03. The van der Waals surface area contributed by atoms with Crippen molar-refractivity contribution < 1.29 is 9.47 Å². The molecule has 0 aromatic carbocycles. The minimum atomic E-state index is 0.104. The molecular formula is C22H27N7O2. The summed E-state index contributed by atoms with van der Waals surface area (Å²) >= 11 is 0. The van der Waals surface area contributed by atoms with Gasteiger partial charge in [0.2, 0.25) is 11.8 Å². The number of morpholine rings is 1. The molecule has 3 N–H and O–H groups in total. The first-order valence-electron chi connectivity index (χ1n) is 10.8. The van der Waals surface area contributed by atoms with Gasteiger partial charge >= 0.3 is 0 Å².